The lowest BCUT2D eigenvalue weighted by atomic mass is 10.1. The molecule has 1 N–H and O–H groups in total. The van der Waals surface area contributed by atoms with Crippen molar-refractivity contribution in [2.24, 2.45) is 0 Å². The topological polar surface area (TPSA) is 67.4 Å². The number of likely N-dealkylation sites (tertiary alicyclic amines) is 1. The number of halogens is 1. The largest absolute Gasteiger partial charge is 0.437 e. The molecule has 0 aliphatic carbocycles. The first-order chi connectivity index (χ1) is 11.7. The van der Waals surface area contributed by atoms with E-state index in [2.05, 4.69) is 15.3 Å². The summed E-state index contributed by atoms with van der Waals surface area (Å²) in [6.45, 7) is 1.02. The number of benzene rings is 1. The van der Waals surface area contributed by atoms with Crippen molar-refractivity contribution in [3.8, 4) is 11.6 Å². The van der Waals surface area contributed by atoms with Crippen LogP contribution in [0.25, 0.3) is 0 Å². The van der Waals surface area contributed by atoms with E-state index in [1.165, 1.54) is 30.5 Å². The molecule has 7 heteroatoms. The first kappa shape index (κ1) is 16.3. The molecule has 1 saturated heterocycles. The van der Waals surface area contributed by atoms with Crippen molar-refractivity contribution in [2.45, 2.75) is 18.9 Å². The Hall–Kier alpha value is -2.54. The first-order valence-corrected chi connectivity index (χ1v) is 7.87. The number of carbonyl (C=O) groups is 1. The molecule has 1 aromatic heterocycles. The summed E-state index contributed by atoms with van der Waals surface area (Å²) in [5.74, 6) is 0.530. The second-order valence-electron chi connectivity index (χ2n) is 5.61. The van der Waals surface area contributed by atoms with Gasteiger partial charge in [0, 0.05) is 6.54 Å². The van der Waals surface area contributed by atoms with Crippen LogP contribution in [-0.4, -0.2) is 40.9 Å². The van der Waals surface area contributed by atoms with Gasteiger partial charge < -0.3 is 15.0 Å². The number of rotatable bonds is 5. The van der Waals surface area contributed by atoms with Crippen LogP contribution in [-0.2, 0) is 4.79 Å². The van der Waals surface area contributed by atoms with E-state index in [0.717, 1.165) is 19.4 Å². The Morgan fingerprint density at radius 1 is 1.38 bits per heavy atom. The molecule has 6 nitrogen and oxygen atoms in total. The fourth-order valence-electron chi connectivity index (χ4n) is 2.82. The van der Waals surface area contributed by atoms with E-state index in [4.69, 9.17) is 4.74 Å². The van der Waals surface area contributed by atoms with Crippen LogP contribution in [0.1, 0.15) is 24.6 Å². The molecular formula is C17H19FN4O2. The molecule has 126 valence electrons. The highest BCUT2D eigenvalue weighted by Gasteiger charge is 2.30. The molecule has 1 aliphatic heterocycles. The maximum atomic E-state index is 12.9. The zero-order valence-electron chi connectivity index (χ0n) is 13.4. The van der Waals surface area contributed by atoms with E-state index in [0.29, 0.717) is 23.9 Å². The van der Waals surface area contributed by atoms with Gasteiger partial charge in [-0.05, 0) is 44.2 Å². The van der Waals surface area contributed by atoms with Crippen LogP contribution < -0.4 is 10.1 Å². The predicted octanol–water partition coefficient (Wildman–Crippen LogP) is 2.29. The van der Waals surface area contributed by atoms with Gasteiger partial charge in [-0.2, -0.15) is 0 Å². The summed E-state index contributed by atoms with van der Waals surface area (Å²) >= 11 is 0. The van der Waals surface area contributed by atoms with Crippen molar-refractivity contribution in [3.63, 3.8) is 0 Å². The van der Waals surface area contributed by atoms with E-state index in [-0.39, 0.29) is 17.8 Å². The Morgan fingerprint density at radius 2 is 2.17 bits per heavy atom. The highest BCUT2D eigenvalue weighted by atomic mass is 19.1. The van der Waals surface area contributed by atoms with Gasteiger partial charge in [0.1, 0.15) is 11.6 Å². The van der Waals surface area contributed by atoms with Crippen LogP contribution in [0.3, 0.4) is 0 Å². The zero-order valence-corrected chi connectivity index (χ0v) is 13.4. The second kappa shape index (κ2) is 7.35. The van der Waals surface area contributed by atoms with Crippen molar-refractivity contribution in [1.82, 2.24) is 20.2 Å². The first-order valence-electron chi connectivity index (χ1n) is 7.87. The number of hydrogen-bond acceptors (Lipinski definition) is 5. The van der Waals surface area contributed by atoms with Crippen LogP contribution in [0, 0.1) is 5.82 Å². The van der Waals surface area contributed by atoms with Crippen molar-refractivity contribution in [1.29, 1.82) is 0 Å². The van der Waals surface area contributed by atoms with Crippen molar-refractivity contribution in [2.75, 3.05) is 20.1 Å². The molecule has 24 heavy (non-hydrogen) atoms. The quantitative estimate of drug-likeness (QED) is 0.911. The van der Waals surface area contributed by atoms with E-state index >= 15 is 0 Å². The Morgan fingerprint density at radius 3 is 2.92 bits per heavy atom. The van der Waals surface area contributed by atoms with E-state index in [9.17, 15) is 9.18 Å². The summed E-state index contributed by atoms with van der Waals surface area (Å²) in [5.41, 5.74) is 0.705. The number of nitrogens with one attached hydrogen (secondary N) is 1. The fraction of sp³-hybridized carbons (Fsp3) is 0.353. The molecule has 0 spiro atoms. The van der Waals surface area contributed by atoms with Crippen LogP contribution in [0.4, 0.5) is 4.39 Å². The average Bonchev–Trinajstić information content (AvgIpc) is 3.07. The summed E-state index contributed by atoms with van der Waals surface area (Å²) < 4.78 is 18.6. The number of likely N-dealkylation sites (N-methyl/N-ethyl adjacent to an activating group) is 1. The second-order valence-corrected chi connectivity index (χ2v) is 5.61. The lowest BCUT2D eigenvalue weighted by Gasteiger charge is -2.24. The zero-order chi connectivity index (χ0) is 16.9. The maximum Gasteiger partial charge on any atom is 0.238 e. The standard InChI is InChI=1S/C17H19FN4O2/c1-19-11-17(23)22-8-2-3-15(22)14-9-20-10-16(21-14)24-13-6-4-12(18)5-7-13/h4-7,9-10,15,19H,2-3,8,11H2,1H3/t15-/m1/s1. The number of ether oxygens (including phenoxy) is 1. The Labute approximate surface area is 139 Å². The molecule has 1 atom stereocenters. The molecule has 1 amide bonds. The van der Waals surface area contributed by atoms with Gasteiger partial charge in [0.15, 0.2) is 0 Å². The fourth-order valence-corrected chi connectivity index (χ4v) is 2.82. The van der Waals surface area contributed by atoms with Crippen LogP contribution >= 0.6 is 0 Å². The molecule has 2 heterocycles. The smallest absolute Gasteiger partial charge is 0.238 e. The number of aromatic nitrogens is 2. The molecule has 0 radical (unpaired) electrons. The van der Waals surface area contributed by atoms with Gasteiger partial charge in [0.25, 0.3) is 0 Å². The summed E-state index contributed by atoms with van der Waals surface area (Å²) in [6, 6.07) is 5.61. The molecular weight excluding hydrogens is 311 g/mol. The van der Waals surface area contributed by atoms with Gasteiger partial charge >= 0.3 is 0 Å². The SMILES string of the molecule is CNCC(=O)N1CCC[C@@H]1c1cncc(Oc2ccc(F)cc2)n1. The molecule has 2 aromatic rings. The van der Waals surface area contributed by atoms with Gasteiger partial charge in [0.05, 0.1) is 30.7 Å². The third-order valence-electron chi connectivity index (χ3n) is 3.91. The monoisotopic (exact) mass is 330 g/mol. The number of carbonyl (C=O) groups excluding carboxylic acids is 1. The molecule has 0 bridgehead atoms. The third-order valence-corrected chi connectivity index (χ3v) is 3.91. The lowest BCUT2D eigenvalue weighted by molar-refractivity contribution is -0.131. The molecule has 1 fully saturated rings. The van der Waals surface area contributed by atoms with Crippen molar-refractivity contribution < 1.29 is 13.9 Å². The Balaban J connectivity index is 1.77. The number of amides is 1. The maximum absolute atomic E-state index is 12.9. The number of nitrogens with zero attached hydrogens (tertiary/aromatic N) is 3. The van der Waals surface area contributed by atoms with Gasteiger partial charge in [0.2, 0.25) is 11.8 Å². The lowest BCUT2D eigenvalue weighted by Crippen LogP contribution is -2.36. The Kier molecular flexibility index (Phi) is 5.00. The predicted molar refractivity (Wildman–Crippen MR) is 86.1 cm³/mol. The minimum Gasteiger partial charge on any atom is -0.437 e. The van der Waals surface area contributed by atoms with Gasteiger partial charge in [-0.1, -0.05) is 0 Å². The third kappa shape index (κ3) is 3.68. The summed E-state index contributed by atoms with van der Waals surface area (Å²) in [4.78, 5) is 22.6. The molecule has 3 rings (SSSR count). The normalized spacial score (nSPS) is 17.1. The van der Waals surface area contributed by atoms with Crippen LogP contribution in [0.5, 0.6) is 11.6 Å². The molecule has 0 unspecified atom stereocenters. The van der Waals surface area contributed by atoms with Crippen molar-refractivity contribution >= 4 is 5.91 Å². The Bertz CT molecular complexity index is 708. The van der Waals surface area contributed by atoms with Gasteiger partial charge in [-0.15, -0.1) is 0 Å². The van der Waals surface area contributed by atoms with Gasteiger partial charge in [-0.3, -0.25) is 9.78 Å². The van der Waals surface area contributed by atoms with E-state index < -0.39 is 0 Å². The van der Waals surface area contributed by atoms with Crippen molar-refractivity contribution in [3.05, 3.63) is 48.2 Å². The highest BCUT2D eigenvalue weighted by molar-refractivity contribution is 5.79. The summed E-state index contributed by atoms with van der Waals surface area (Å²) in [5, 5.41) is 2.88. The minimum atomic E-state index is -0.327. The molecule has 1 aromatic carbocycles. The van der Waals surface area contributed by atoms with E-state index in [1.54, 1.807) is 13.2 Å². The summed E-state index contributed by atoms with van der Waals surface area (Å²) in [7, 11) is 1.75. The average molecular weight is 330 g/mol. The highest BCUT2D eigenvalue weighted by Crippen LogP contribution is 2.31. The minimum absolute atomic E-state index is 0.0478. The van der Waals surface area contributed by atoms with Gasteiger partial charge in [-0.25, -0.2) is 9.37 Å². The molecule has 0 saturated carbocycles. The van der Waals surface area contributed by atoms with E-state index in [1.807, 2.05) is 4.90 Å². The number of hydrogen-bond donors (Lipinski definition) is 1. The van der Waals surface area contributed by atoms with Crippen LogP contribution in [0.2, 0.25) is 0 Å². The van der Waals surface area contributed by atoms with Crippen LogP contribution in [0.15, 0.2) is 36.7 Å². The summed E-state index contributed by atoms with van der Waals surface area (Å²) in [6.07, 6.45) is 4.95. The molecule has 1 aliphatic rings.